The lowest BCUT2D eigenvalue weighted by Crippen LogP contribution is -2.29. The number of hydrogen-bond acceptors (Lipinski definition) is 1. The van der Waals surface area contributed by atoms with Gasteiger partial charge in [0, 0.05) is 23.9 Å². The van der Waals surface area contributed by atoms with Gasteiger partial charge in [-0.15, -0.1) is 0 Å². The second-order valence-electron chi connectivity index (χ2n) is 6.79. The molecule has 2 aromatic carbocycles. The van der Waals surface area contributed by atoms with Crippen LogP contribution in [0.4, 0.5) is 4.39 Å². The van der Waals surface area contributed by atoms with Gasteiger partial charge in [0.1, 0.15) is 5.82 Å². The van der Waals surface area contributed by atoms with Crippen LogP contribution in [-0.2, 0) is 24.8 Å². The molecule has 0 aliphatic heterocycles. The average molecular weight is 320 g/mol. The Labute approximate surface area is 142 Å². The molecule has 0 saturated heterocycles. The maximum absolute atomic E-state index is 13.6. The Kier molecular flexibility index (Phi) is 3.72. The van der Waals surface area contributed by atoms with Gasteiger partial charge in [-0.1, -0.05) is 43.3 Å². The van der Waals surface area contributed by atoms with Gasteiger partial charge in [0.05, 0.1) is 6.33 Å². The molecule has 0 N–H and O–H groups in total. The van der Waals surface area contributed by atoms with Gasteiger partial charge in [-0.25, -0.2) is 9.37 Å². The van der Waals surface area contributed by atoms with Gasteiger partial charge in [-0.05, 0) is 48.1 Å². The summed E-state index contributed by atoms with van der Waals surface area (Å²) in [5.74, 6) is -0.140. The number of imidazole rings is 1. The minimum Gasteiger partial charge on any atom is -0.330 e. The van der Waals surface area contributed by atoms with E-state index >= 15 is 0 Å². The van der Waals surface area contributed by atoms with Crippen LogP contribution in [0.5, 0.6) is 0 Å². The van der Waals surface area contributed by atoms with Crippen molar-refractivity contribution < 1.29 is 4.39 Å². The quantitative estimate of drug-likeness (QED) is 0.691. The summed E-state index contributed by atoms with van der Waals surface area (Å²) in [6.45, 7) is 3.05. The summed E-state index contributed by atoms with van der Waals surface area (Å²) in [6, 6.07) is 15.7. The number of halogens is 1. The molecule has 1 atom stereocenters. The lowest BCUT2D eigenvalue weighted by atomic mass is 9.79. The molecule has 0 radical (unpaired) electrons. The topological polar surface area (TPSA) is 17.8 Å². The first-order valence-corrected chi connectivity index (χ1v) is 8.52. The van der Waals surface area contributed by atoms with Crippen molar-refractivity contribution >= 4 is 0 Å². The maximum atomic E-state index is 13.6. The molecule has 0 spiro atoms. The first kappa shape index (κ1) is 15.1. The second kappa shape index (κ2) is 5.90. The predicted molar refractivity (Wildman–Crippen MR) is 93.5 cm³/mol. The van der Waals surface area contributed by atoms with Gasteiger partial charge in [0.25, 0.3) is 0 Å². The van der Waals surface area contributed by atoms with Gasteiger partial charge < -0.3 is 4.57 Å². The van der Waals surface area contributed by atoms with E-state index in [1.807, 2.05) is 24.7 Å². The third-order valence-electron chi connectivity index (χ3n) is 5.35. The minimum absolute atomic E-state index is 0.0153. The van der Waals surface area contributed by atoms with Crippen LogP contribution in [-0.4, -0.2) is 9.55 Å². The van der Waals surface area contributed by atoms with E-state index in [-0.39, 0.29) is 11.2 Å². The summed E-state index contributed by atoms with van der Waals surface area (Å²) in [5.41, 5.74) is 4.95. The van der Waals surface area contributed by atoms with E-state index in [0.29, 0.717) is 0 Å². The highest BCUT2D eigenvalue weighted by molar-refractivity contribution is 5.40. The Morgan fingerprint density at radius 2 is 1.88 bits per heavy atom. The van der Waals surface area contributed by atoms with Crippen molar-refractivity contribution in [2.24, 2.45) is 0 Å². The Balaban J connectivity index is 1.69. The molecule has 3 aromatic rings. The third-order valence-corrected chi connectivity index (χ3v) is 5.35. The van der Waals surface area contributed by atoms with Gasteiger partial charge in [0.2, 0.25) is 0 Å². The first-order valence-electron chi connectivity index (χ1n) is 8.52. The predicted octanol–water partition coefficient (Wildman–Crippen LogP) is 4.52. The van der Waals surface area contributed by atoms with E-state index in [9.17, 15) is 4.39 Å². The molecule has 1 aromatic heterocycles. The van der Waals surface area contributed by atoms with Crippen LogP contribution in [0.3, 0.4) is 0 Å². The van der Waals surface area contributed by atoms with E-state index in [2.05, 4.69) is 40.7 Å². The molecule has 0 fully saturated rings. The van der Waals surface area contributed by atoms with Crippen LogP contribution >= 0.6 is 0 Å². The summed E-state index contributed by atoms with van der Waals surface area (Å²) in [6.07, 6.45) is 6.78. The van der Waals surface area contributed by atoms with Crippen molar-refractivity contribution in [3.8, 4) is 0 Å². The highest BCUT2D eigenvalue weighted by Crippen LogP contribution is 2.42. The Bertz CT molecular complexity index is 853. The first-order chi connectivity index (χ1) is 11.7. The molecule has 2 nitrogen and oxygen atoms in total. The Morgan fingerprint density at radius 1 is 1.08 bits per heavy atom. The normalized spacial score (nSPS) is 19.4. The number of fused-ring (bicyclic) bond motifs is 1. The van der Waals surface area contributed by atoms with Crippen LogP contribution in [0, 0.1) is 5.82 Å². The van der Waals surface area contributed by atoms with Crippen LogP contribution in [0.2, 0.25) is 0 Å². The maximum Gasteiger partial charge on any atom is 0.123 e. The SMILES string of the molecule is CCC1(c2cncn2Cc2ccccc2)Cc2ccc(F)cc2C1. The van der Waals surface area contributed by atoms with Crippen LogP contribution in [0.1, 0.15) is 35.7 Å². The summed E-state index contributed by atoms with van der Waals surface area (Å²) >= 11 is 0. The van der Waals surface area contributed by atoms with Crippen molar-refractivity contribution in [1.82, 2.24) is 9.55 Å². The van der Waals surface area contributed by atoms with Gasteiger partial charge in [0.15, 0.2) is 0 Å². The van der Waals surface area contributed by atoms with Crippen molar-refractivity contribution in [3.63, 3.8) is 0 Å². The number of rotatable bonds is 4. The zero-order chi connectivity index (χ0) is 16.6. The molecule has 0 amide bonds. The minimum atomic E-state index is -0.140. The average Bonchev–Trinajstić information content (AvgIpc) is 3.20. The summed E-state index contributed by atoms with van der Waals surface area (Å²) < 4.78 is 15.9. The molecule has 1 aliphatic carbocycles. The molecule has 24 heavy (non-hydrogen) atoms. The molecule has 1 heterocycles. The largest absolute Gasteiger partial charge is 0.330 e. The van der Waals surface area contributed by atoms with Crippen LogP contribution in [0.25, 0.3) is 0 Å². The lowest BCUT2D eigenvalue weighted by molar-refractivity contribution is 0.404. The summed E-state index contributed by atoms with van der Waals surface area (Å²) in [4.78, 5) is 4.43. The van der Waals surface area contributed by atoms with Crippen molar-refractivity contribution in [3.05, 3.63) is 89.3 Å². The van der Waals surface area contributed by atoms with E-state index in [1.165, 1.54) is 16.8 Å². The molecule has 122 valence electrons. The number of nitrogens with zero attached hydrogens (tertiary/aromatic N) is 2. The molecule has 1 aliphatic rings. The molecule has 4 rings (SSSR count). The molecule has 3 heteroatoms. The molecular weight excluding hydrogens is 299 g/mol. The van der Waals surface area contributed by atoms with Crippen LogP contribution in [0.15, 0.2) is 61.1 Å². The number of hydrogen-bond donors (Lipinski definition) is 0. The van der Waals surface area contributed by atoms with Gasteiger partial charge in [-0.2, -0.15) is 0 Å². The molecule has 0 saturated carbocycles. The highest BCUT2D eigenvalue weighted by atomic mass is 19.1. The van der Waals surface area contributed by atoms with Crippen LogP contribution < -0.4 is 0 Å². The smallest absolute Gasteiger partial charge is 0.123 e. The number of benzene rings is 2. The van der Waals surface area contributed by atoms with Gasteiger partial charge in [-0.3, -0.25) is 0 Å². The van der Waals surface area contributed by atoms with Crippen molar-refractivity contribution in [2.45, 2.75) is 38.1 Å². The van der Waals surface area contributed by atoms with E-state index in [0.717, 1.165) is 31.4 Å². The van der Waals surface area contributed by atoms with E-state index in [4.69, 9.17) is 0 Å². The lowest BCUT2D eigenvalue weighted by Gasteiger charge is -2.29. The summed E-state index contributed by atoms with van der Waals surface area (Å²) in [7, 11) is 0. The zero-order valence-corrected chi connectivity index (χ0v) is 13.9. The third kappa shape index (κ3) is 2.54. The van der Waals surface area contributed by atoms with Crippen molar-refractivity contribution in [1.29, 1.82) is 0 Å². The van der Waals surface area contributed by atoms with E-state index in [1.54, 1.807) is 12.1 Å². The fourth-order valence-electron chi connectivity index (χ4n) is 4.00. The van der Waals surface area contributed by atoms with E-state index < -0.39 is 0 Å². The zero-order valence-electron chi connectivity index (χ0n) is 13.9. The van der Waals surface area contributed by atoms with Crippen molar-refractivity contribution in [2.75, 3.05) is 0 Å². The summed E-state index contributed by atoms with van der Waals surface area (Å²) in [5, 5.41) is 0. The fourth-order valence-corrected chi connectivity index (χ4v) is 4.00. The number of aromatic nitrogens is 2. The molecule has 0 bridgehead atoms. The molecular formula is C21H21FN2. The van der Waals surface area contributed by atoms with Gasteiger partial charge >= 0.3 is 0 Å². The Morgan fingerprint density at radius 3 is 2.67 bits per heavy atom. The monoisotopic (exact) mass is 320 g/mol. The molecule has 1 unspecified atom stereocenters. The Hall–Kier alpha value is -2.42. The second-order valence-corrected chi connectivity index (χ2v) is 6.79. The highest BCUT2D eigenvalue weighted by Gasteiger charge is 2.39. The fraction of sp³-hybridized carbons (Fsp3) is 0.286. The standard InChI is InChI=1S/C21H21FN2/c1-2-21(11-17-8-9-19(22)10-18(17)12-21)20-13-23-15-24(20)14-16-6-4-3-5-7-16/h3-10,13,15H,2,11-12,14H2,1H3.